The Bertz CT molecular complexity index is 375. The lowest BCUT2D eigenvalue weighted by Crippen LogP contribution is -2.45. The quantitative estimate of drug-likeness (QED) is 0.804. The van der Waals surface area contributed by atoms with Crippen molar-refractivity contribution in [2.75, 3.05) is 26.2 Å². The van der Waals surface area contributed by atoms with Gasteiger partial charge >= 0.3 is 0 Å². The maximum absolute atomic E-state index is 11.8. The van der Waals surface area contributed by atoms with E-state index in [-0.39, 0.29) is 12.0 Å². The van der Waals surface area contributed by atoms with Crippen LogP contribution < -0.4 is 10.6 Å². The highest BCUT2D eigenvalue weighted by Gasteiger charge is 2.14. The zero-order valence-electron chi connectivity index (χ0n) is 9.41. The molecule has 1 heterocycles. The topological polar surface area (TPSA) is 50.4 Å². The zero-order chi connectivity index (χ0) is 12.1. The number of hydrogen-bond donors (Lipinski definition) is 2. The van der Waals surface area contributed by atoms with Crippen molar-refractivity contribution in [3.63, 3.8) is 0 Å². The molecule has 0 saturated carbocycles. The van der Waals surface area contributed by atoms with Crippen LogP contribution in [0.2, 0.25) is 0 Å². The average Bonchev–Trinajstić information content (AvgIpc) is 2.38. The van der Waals surface area contributed by atoms with E-state index in [1.807, 2.05) is 24.3 Å². The van der Waals surface area contributed by atoms with Gasteiger partial charge in [0.25, 0.3) is 5.91 Å². The molecule has 1 aliphatic heterocycles. The molecule has 5 heteroatoms. The molecule has 1 unspecified atom stereocenters. The van der Waals surface area contributed by atoms with Crippen molar-refractivity contribution >= 4 is 28.5 Å². The summed E-state index contributed by atoms with van der Waals surface area (Å²) in [5, 5.41) is 6.11. The van der Waals surface area contributed by atoms with Crippen LogP contribution in [0.3, 0.4) is 0 Å². The van der Waals surface area contributed by atoms with Gasteiger partial charge in [0, 0.05) is 28.8 Å². The lowest BCUT2D eigenvalue weighted by atomic mass is 10.2. The van der Waals surface area contributed by atoms with Crippen molar-refractivity contribution < 1.29 is 9.53 Å². The van der Waals surface area contributed by atoms with E-state index in [4.69, 9.17) is 4.74 Å². The average molecular weight is 346 g/mol. The molecule has 0 bridgehead atoms. The smallest absolute Gasteiger partial charge is 0.251 e. The van der Waals surface area contributed by atoms with Crippen molar-refractivity contribution in [1.82, 2.24) is 10.6 Å². The summed E-state index contributed by atoms with van der Waals surface area (Å²) in [4.78, 5) is 11.8. The molecule has 1 aromatic rings. The van der Waals surface area contributed by atoms with Gasteiger partial charge in [-0.2, -0.15) is 0 Å². The lowest BCUT2D eigenvalue weighted by Gasteiger charge is -2.23. The summed E-state index contributed by atoms with van der Waals surface area (Å²) in [7, 11) is 0. The molecular weight excluding hydrogens is 331 g/mol. The molecule has 0 spiro atoms. The van der Waals surface area contributed by atoms with Crippen molar-refractivity contribution in [3.8, 4) is 0 Å². The summed E-state index contributed by atoms with van der Waals surface area (Å²) in [6.07, 6.45) is 0.0801. The molecule has 1 fully saturated rings. The van der Waals surface area contributed by atoms with Gasteiger partial charge < -0.3 is 15.4 Å². The van der Waals surface area contributed by atoms with Crippen molar-refractivity contribution in [3.05, 3.63) is 33.4 Å². The second-order valence-corrected chi connectivity index (χ2v) is 5.16. The standard InChI is InChI=1S/C12H15IN2O2/c13-10-3-1-9(2-4-10)12(16)15-8-11-7-14-5-6-17-11/h1-4,11,14H,5-8H2,(H,15,16). The fourth-order valence-electron chi connectivity index (χ4n) is 1.66. The van der Waals surface area contributed by atoms with Gasteiger partial charge in [0.2, 0.25) is 0 Å². The first-order chi connectivity index (χ1) is 8.25. The highest BCUT2D eigenvalue weighted by Crippen LogP contribution is 2.06. The Morgan fingerprint density at radius 3 is 2.88 bits per heavy atom. The normalized spacial score (nSPS) is 19.9. The number of carbonyl (C=O) groups excluding carboxylic acids is 1. The van der Waals surface area contributed by atoms with Gasteiger partial charge in [0.05, 0.1) is 12.7 Å². The maximum atomic E-state index is 11.8. The van der Waals surface area contributed by atoms with E-state index in [1.165, 1.54) is 0 Å². The van der Waals surface area contributed by atoms with E-state index in [9.17, 15) is 4.79 Å². The SMILES string of the molecule is O=C(NCC1CNCCO1)c1ccc(I)cc1. The molecule has 1 aliphatic rings. The fraction of sp³-hybridized carbons (Fsp3) is 0.417. The van der Waals surface area contributed by atoms with Gasteiger partial charge in [-0.15, -0.1) is 0 Å². The first-order valence-corrected chi connectivity index (χ1v) is 6.69. The van der Waals surface area contributed by atoms with Crippen LogP contribution in [0.1, 0.15) is 10.4 Å². The minimum absolute atomic E-state index is 0.0458. The summed E-state index contributed by atoms with van der Waals surface area (Å²) < 4.78 is 6.63. The van der Waals surface area contributed by atoms with E-state index in [0.717, 1.165) is 16.7 Å². The molecular formula is C12H15IN2O2. The van der Waals surface area contributed by atoms with Crippen molar-refractivity contribution in [2.45, 2.75) is 6.10 Å². The molecule has 1 amide bonds. The van der Waals surface area contributed by atoms with Crippen molar-refractivity contribution in [2.24, 2.45) is 0 Å². The third-order valence-electron chi connectivity index (χ3n) is 2.60. The van der Waals surface area contributed by atoms with Crippen LogP contribution in [0, 0.1) is 3.57 Å². The van der Waals surface area contributed by atoms with Crippen LogP contribution in [-0.4, -0.2) is 38.3 Å². The predicted molar refractivity (Wildman–Crippen MR) is 74.1 cm³/mol. The molecule has 1 atom stereocenters. The number of amides is 1. The van der Waals surface area contributed by atoms with Gasteiger partial charge in [0.1, 0.15) is 0 Å². The van der Waals surface area contributed by atoms with E-state index in [1.54, 1.807) is 0 Å². The lowest BCUT2D eigenvalue weighted by molar-refractivity contribution is 0.0287. The molecule has 0 aromatic heterocycles. The molecule has 2 rings (SSSR count). The number of carbonyl (C=O) groups is 1. The van der Waals surface area contributed by atoms with Crippen molar-refractivity contribution in [1.29, 1.82) is 0 Å². The molecule has 1 saturated heterocycles. The third kappa shape index (κ3) is 3.93. The first kappa shape index (κ1) is 12.8. The largest absolute Gasteiger partial charge is 0.374 e. The summed E-state index contributed by atoms with van der Waals surface area (Å²) in [6, 6.07) is 7.51. The minimum atomic E-state index is -0.0458. The van der Waals surface area contributed by atoms with Crippen LogP contribution in [0.5, 0.6) is 0 Å². The van der Waals surface area contributed by atoms with Gasteiger partial charge in [-0.05, 0) is 46.9 Å². The number of nitrogens with one attached hydrogen (secondary N) is 2. The Labute approximate surface area is 114 Å². The number of halogens is 1. The monoisotopic (exact) mass is 346 g/mol. The summed E-state index contributed by atoms with van der Waals surface area (Å²) >= 11 is 2.22. The van der Waals surface area contributed by atoms with E-state index >= 15 is 0 Å². The summed E-state index contributed by atoms with van der Waals surface area (Å²) in [6.45, 7) is 2.95. The molecule has 0 radical (unpaired) electrons. The Hall–Kier alpha value is -0.660. The molecule has 4 nitrogen and oxygen atoms in total. The van der Waals surface area contributed by atoms with Gasteiger partial charge in [0.15, 0.2) is 0 Å². The summed E-state index contributed by atoms with van der Waals surface area (Å²) in [5.74, 6) is -0.0458. The fourth-order valence-corrected chi connectivity index (χ4v) is 2.02. The second-order valence-electron chi connectivity index (χ2n) is 3.91. The Kier molecular flexibility index (Phi) is 4.75. The minimum Gasteiger partial charge on any atom is -0.374 e. The van der Waals surface area contributed by atoms with Gasteiger partial charge in [-0.1, -0.05) is 0 Å². The molecule has 2 N–H and O–H groups in total. The number of rotatable bonds is 3. The van der Waals surface area contributed by atoms with Crippen LogP contribution in [0.15, 0.2) is 24.3 Å². The first-order valence-electron chi connectivity index (χ1n) is 5.62. The molecule has 92 valence electrons. The van der Waals surface area contributed by atoms with E-state index in [2.05, 4.69) is 33.2 Å². The number of morpholine rings is 1. The number of hydrogen-bond acceptors (Lipinski definition) is 3. The number of ether oxygens (including phenoxy) is 1. The summed E-state index contributed by atoms with van der Waals surface area (Å²) in [5.41, 5.74) is 0.689. The van der Waals surface area contributed by atoms with Gasteiger partial charge in [-0.3, -0.25) is 4.79 Å². The van der Waals surface area contributed by atoms with E-state index in [0.29, 0.717) is 18.7 Å². The third-order valence-corrected chi connectivity index (χ3v) is 3.32. The van der Waals surface area contributed by atoms with Crippen LogP contribution in [0.25, 0.3) is 0 Å². The highest BCUT2D eigenvalue weighted by atomic mass is 127. The molecule has 1 aromatic carbocycles. The van der Waals surface area contributed by atoms with E-state index < -0.39 is 0 Å². The van der Waals surface area contributed by atoms with Gasteiger partial charge in [-0.25, -0.2) is 0 Å². The van der Waals surface area contributed by atoms with Crippen LogP contribution >= 0.6 is 22.6 Å². The Morgan fingerprint density at radius 1 is 1.47 bits per heavy atom. The highest BCUT2D eigenvalue weighted by molar-refractivity contribution is 14.1. The Morgan fingerprint density at radius 2 is 2.24 bits per heavy atom. The molecule has 17 heavy (non-hydrogen) atoms. The zero-order valence-corrected chi connectivity index (χ0v) is 11.6. The van der Waals surface area contributed by atoms with Crippen LogP contribution in [0.4, 0.5) is 0 Å². The Balaban J connectivity index is 1.82. The van der Waals surface area contributed by atoms with Crippen LogP contribution in [-0.2, 0) is 4.74 Å². The molecule has 0 aliphatic carbocycles. The maximum Gasteiger partial charge on any atom is 0.251 e. The number of benzene rings is 1. The second kappa shape index (κ2) is 6.32. The predicted octanol–water partition coefficient (Wildman–Crippen LogP) is 1.01.